The number of rotatable bonds is 2. The highest BCUT2D eigenvalue weighted by Gasteiger charge is 2.22. The molecule has 0 saturated heterocycles. The van der Waals surface area contributed by atoms with Crippen molar-refractivity contribution in [1.29, 1.82) is 0 Å². The number of benzene rings is 3. The number of fused-ring (bicyclic) bond motifs is 2. The molecule has 94 valence electrons. The minimum atomic E-state index is 0. The summed E-state index contributed by atoms with van der Waals surface area (Å²) >= 11 is 7.96. The summed E-state index contributed by atoms with van der Waals surface area (Å²) in [6.07, 6.45) is 0. The first-order valence-corrected chi connectivity index (χ1v) is 7.01. The molecule has 1 nitrogen and oxygen atoms in total. The van der Waals surface area contributed by atoms with Gasteiger partial charge in [0.05, 0.1) is 5.02 Å². The van der Waals surface area contributed by atoms with E-state index in [-0.39, 0.29) is 6.15 Å². The van der Waals surface area contributed by atoms with E-state index in [1.54, 1.807) is 11.8 Å². The van der Waals surface area contributed by atoms with Crippen molar-refractivity contribution in [3.8, 4) is 11.1 Å². The van der Waals surface area contributed by atoms with Gasteiger partial charge in [0.2, 0.25) is 0 Å². The molecule has 0 fully saturated rings. The highest BCUT2D eigenvalue weighted by atomic mass is 35.5. The molecule has 2 aliphatic carbocycles. The maximum atomic E-state index is 6.21. The lowest BCUT2D eigenvalue weighted by Crippen LogP contribution is -1.75. The van der Waals surface area contributed by atoms with E-state index < -0.39 is 0 Å². The van der Waals surface area contributed by atoms with Crippen LogP contribution in [0, 0.1) is 0 Å². The van der Waals surface area contributed by atoms with E-state index in [0.29, 0.717) is 0 Å². The molecular weight excluding hydrogens is 274 g/mol. The second-order valence-electron chi connectivity index (χ2n) is 4.45. The van der Waals surface area contributed by atoms with Gasteiger partial charge in [-0.25, -0.2) is 0 Å². The molecule has 3 N–H and O–H groups in total. The van der Waals surface area contributed by atoms with Crippen LogP contribution in [-0.2, 0) is 0 Å². The van der Waals surface area contributed by atoms with Gasteiger partial charge in [0.25, 0.3) is 0 Å². The largest absolute Gasteiger partial charge is 0.344 e. The predicted molar refractivity (Wildman–Crippen MR) is 83.5 cm³/mol. The van der Waals surface area contributed by atoms with Crippen molar-refractivity contribution in [3.63, 3.8) is 0 Å². The van der Waals surface area contributed by atoms with E-state index in [0.717, 1.165) is 5.02 Å². The van der Waals surface area contributed by atoms with E-state index in [2.05, 4.69) is 48.5 Å². The Balaban J connectivity index is 0.00000110. The van der Waals surface area contributed by atoms with Gasteiger partial charge in [-0.1, -0.05) is 53.7 Å². The third-order valence-corrected chi connectivity index (χ3v) is 4.76. The molecule has 0 heterocycles. The van der Waals surface area contributed by atoms with Crippen LogP contribution < -0.4 is 6.15 Å². The molecule has 19 heavy (non-hydrogen) atoms. The lowest BCUT2D eigenvalue weighted by molar-refractivity contribution is 1.48. The molecule has 0 spiro atoms. The maximum absolute atomic E-state index is 6.21. The SMILES string of the molecule is Clc1cc2cc-2c1Sc1ccc2ccccc2c1.N. The highest BCUT2D eigenvalue weighted by Crippen LogP contribution is 2.50. The lowest BCUT2D eigenvalue weighted by atomic mass is 10.1. The van der Waals surface area contributed by atoms with Crippen LogP contribution in [0.25, 0.3) is 21.9 Å². The fourth-order valence-corrected chi connectivity index (χ4v) is 3.55. The standard InChI is InChI=1S/C16H9ClS.H3N/c17-15-9-12-8-14(12)16(15)18-13-6-5-10-3-1-2-4-11(10)7-13;/h1-9H;1H3. The van der Waals surface area contributed by atoms with Crippen molar-refractivity contribution in [2.24, 2.45) is 0 Å². The summed E-state index contributed by atoms with van der Waals surface area (Å²) in [5.74, 6) is 0. The van der Waals surface area contributed by atoms with Gasteiger partial charge in [-0.05, 0) is 46.2 Å². The third-order valence-electron chi connectivity index (χ3n) is 3.21. The summed E-state index contributed by atoms with van der Waals surface area (Å²) in [6, 6.07) is 19.2. The molecule has 2 aromatic carbocycles. The Kier molecular flexibility index (Phi) is 3.02. The summed E-state index contributed by atoms with van der Waals surface area (Å²) in [6.45, 7) is 0. The Morgan fingerprint density at radius 2 is 1.63 bits per heavy atom. The minimum absolute atomic E-state index is 0. The molecule has 2 aliphatic rings. The van der Waals surface area contributed by atoms with Gasteiger partial charge >= 0.3 is 0 Å². The highest BCUT2D eigenvalue weighted by molar-refractivity contribution is 7.99. The second kappa shape index (κ2) is 4.57. The van der Waals surface area contributed by atoms with Gasteiger partial charge in [0, 0.05) is 9.79 Å². The van der Waals surface area contributed by atoms with Crippen LogP contribution >= 0.6 is 23.4 Å². The number of hydrogen-bond acceptors (Lipinski definition) is 2. The van der Waals surface area contributed by atoms with E-state index >= 15 is 0 Å². The summed E-state index contributed by atoms with van der Waals surface area (Å²) in [5.41, 5.74) is 2.61. The van der Waals surface area contributed by atoms with Gasteiger partial charge in [-0.15, -0.1) is 0 Å². The molecule has 4 rings (SSSR count). The number of hydrogen-bond donors (Lipinski definition) is 1. The molecular formula is C16H12ClNS. The van der Waals surface area contributed by atoms with Crippen molar-refractivity contribution in [2.75, 3.05) is 0 Å². The molecule has 3 heteroatoms. The van der Waals surface area contributed by atoms with Crippen LogP contribution in [-0.4, -0.2) is 0 Å². The fourth-order valence-electron chi connectivity index (χ4n) is 2.22. The normalized spacial score (nSPS) is 11.2. The van der Waals surface area contributed by atoms with Crippen molar-refractivity contribution >= 4 is 34.1 Å². The average Bonchev–Trinajstić information content (AvgIpc) is 3.08. The zero-order valence-electron chi connectivity index (χ0n) is 10.2. The predicted octanol–water partition coefficient (Wildman–Crippen LogP) is 5.79. The molecule has 0 aromatic heterocycles. The quantitative estimate of drug-likeness (QED) is 0.506. The first kappa shape index (κ1) is 12.5. The van der Waals surface area contributed by atoms with Gasteiger partial charge in [0.1, 0.15) is 0 Å². The molecule has 0 saturated carbocycles. The summed E-state index contributed by atoms with van der Waals surface area (Å²) < 4.78 is 0. The topological polar surface area (TPSA) is 35.0 Å². The summed E-state index contributed by atoms with van der Waals surface area (Å²) in [7, 11) is 0. The van der Waals surface area contributed by atoms with Gasteiger partial charge in [-0.2, -0.15) is 0 Å². The van der Waals surface area contributed by atoms with Crippen LogP contribution in [0.1, 0.15) is 0 Å². The molecule has 0 unspecified atom stereocenters. The van der Waals surface area contributed by atoms with Crippen LogP contribution in [0.4, 0.5) is 0 Å². The fraction of sp³-hybridized carbons (Fsp3) is 0. The molecule has 0 bridgehead atoms. The minimum Gasteiger partial charge on any atom is -0.344 e. The molecule has 0 aliphatic heterocycles. The Morgan fingerprint density at radius 1 is 0.842 bits per heavy atom. The van der Waals surface area contributed by atoms with Gasteiger partial charge in [-0.3, -0.25) is 0 Å². The van der Waals surface area contributed by atoms with E-state index in [1.807, 2.05) is 6.07 Å². The van der Waals surface area contributed by atoms with Gasteiger partial charge < -0.3 is 6.15 Å². The zero-order chi connectivity index (χ0) is 12.1. The molecule has 0 radical (unpaired) electrons. The lowest BCUT2D eigenvalue weighted by Gasteiger charge is -2.03. The van der Waals surface area contributed by atoms with E-state index in [1.165, 1.54) is 31.7 Å². The first-order chi connectivity index (χ1) is 8.81. The zero-order valence-corrected chi connectivity index (χ0v) is 11.8. The molecule has 0 atom stereocenters. The first-order valence-electron chi connectivity index (χ1n) is 5.82. The Labute approximate surface area is 121 Å². The van der Waals surface area contributed by atoms with Crippen LogP contribution in [0.15, 0.2) is 64.4 Å². The van der Waals surface area contributed by atoms with E-state index in [9.17, 15) is 0 Å². The molecule has 0 amide bonds. The summed E-state index contributed by atoms with van der Waals surface area (Å²) in [4.78, 5) is 2.44. The van der Waals surface area contributed by atoms with Crippen molar-refractivity contribution in [1.82, 2.24) is 6.15 Å². The number of halogens is 1. The van der Waals surface area contributed by atoms with Crippen molar-refractivity contribution in [2.45, 2.75) is 9.79 Å². The second-order valence-corrected chi connectivity index (χ2v) is 5.94. The summed E-state index contributed by atoms with van der Waals surface area (Å²) in [5, 5.41) is 3.42. The maximum Gasteiger partial charge on any atom is 0.0557 e. The Bertz CT molecular complexity index is 783. The van der Waals surface area contributed by atoms with Crippen molar-refractivity contribution in [3.05, 3.63) is 59.6 Å². The van der Waals surface area contributed by atoms with Crippen LogP contribution in [0.3, 0.4) is 0 Å². The third kappa shape index (κ3) is 2.12. The van der Waals surface area contributed by atoms with Crippen LogP contribution in [0.5, 0.6) is 0 Å². The van der Waals surface area contributed by atoms with Crippen molar-refractivity contribution < 1.29 is 0 Å². The monoisotopic (exact) mass is 285 g/mol. The van der Waals surface area contributed by atoms with Gasteiger partial charge in [0.15, 0.2) is 0 Å². The van der Waals surface area contributed by atoms with Crippen LogP contribution in [0.2, 0.25) is 5.02 Å². The smallest absolute Gasteiger partial charge is 0.0557 e. The average molecular weight is 286 g/mol. The Morgan fingerprint density at radius 3 is 2.37 bits per heavy atom. The molecule has 2 aromatic rings. The van der Waals surface area contributed by atoms with E-state index in [4.69, 9.17) is 11.6 Å². The Hall–Kier alpha value is -1.48.